The number of benzene rings is 1. The molecule has 6 heteroatoms. The molecule has 6 nitrogen and oxygen atoms in total. The smallest absolute Gasteiger partial charge is 0.206 e. The molecule has 1 aromatic carbocycles. The molecule has 0 amide bonds. The van der Waals surface area contributed by atoms with Crippen LogP contribution < -0.4 is 10.6 Å². The molecule has 0 radical (unpaired) electrons. The van der Waals surface area contributed by atoms with Gasteiger partial charge in [-0.05, 0) is 17.7 Å². The third-order valence-corrected chi connectivity index (χ3v) is 4.05. The molecule has 2 heterocycles. The lowest BCUT2D eigenvalue weighted by atomic mass is 9.76. The van der Waals surface area contributed by atoms with Crippen LogP contribution in [0.4, 0.5) is 5.82 Å². The summed E-state index contributed by atoms with van der Waals surface area (Å²) < 4.78 is 0. The number of anilines is 1. The second-order valence-corrected chi connectivity index (χ2v) is 5.27. The number of pyridine rings is 1. The van der Waals surface area contributed by atoms with Crippen LogP contribution in [0.5, 0.6) is 0 Å². The van der Waals surface area contributed by atoms with Crippen LogP contribution in [0.3, 0.4) is 0 Å². The molecule has 2 aromatic rings. The predicted molar refractivity (Wildman–Crippen MR) is 86.4 cm³/mol. The standard InChI is InChI=1S/C18H12N6/c19-10-14-17(22)24(15-8-4-5-9-23-15)16(18(14,11-20)12-21)13-6-2-1-3-7-13/h1-9,16H,22H2. The lowest BCUT2D eigenvalue weighted by molar-refractivity contribution is 0.519. The van der Waals surface area contributed by atoms with Crippen molar-refractivity contribution < 1.29 is 0 Å². The molecule has 24 heavy (non-hydrogen) atoms. The molecule has 2 N–H and O–H groups in total. The van der Waals surface area contributed by atoms with Crippen molar-refractivity contribution in [1.29, 1.82) is 15.8 Å². The average Bonchev–Trinajstić information content (AvgIpc) is 2.91. The minimum absolute atomic E-state index is 0.0491. The zero-order valence-electron chi connectivity index (χ0n) is 12.6. The summed E-state index contributed by atoms with van der Waals surface area (Å²) in [6.45, 7) is 0. The normalized spacial score (nSPS) is 18.5. The summed E-state index contributed by atoms with van der Waals surface area (Å²) in [5, 5.41) is 29.1. The SMILES string of the molecule is N#CC1=C(N)N(c2ccccn2)C(c2ccccc2)C1(C#N)C#N. The highest BCUT2D eigenvalue weighted by Crippen LogP contribution is 2.51. The largest absolute Gasteiger partial charge is 0.384 e. The maximum absolute atomic E-state index is 9.77. The third kappa shape index (κ3) is 1.97. The molecule has 3 rings (SSSR count). The Bertz CT molecular complexity index is 898. The highest BCUT2D eigenvalue weighted by Gasteiger charge is 2.55. The number of nitrogens with zero attached hydrogens (tertiary/aromatic N) is 5. The predicted octanol–water partition coefficient (Wildman–Crippen LogP) is 2.37. The van der Waals surface area contributed by atoms with Crippen molar-refractivity contribution in [2.45, 2.75) is 6.04 Å². The molecular formula is C18H12N6. The summed E-state index contributed by atoms with van der Waals surface area (Å²) in [5.41, 5.74) is 5.12. The van der Waals surface area contributed by atoms with E-state index < -0.39 is 11.5 Å². The van der Waals surface area contributed by atoms with Crippen molar-refractivity contribution in [2.75, 3.05) is 4.90 Å². The van der Waals surface area contributed by atoms with Crippen molar-refractivity contribution in [3.63, 3.8) is 0 Å². The first kappa shape index (κ1) is 15.1. The van der Waals surface area contributed by atoms with E-state index in [1.165, 1.54) is 0 Å². The van der Waals surface area contributed by atoms with Crippen LogP contribution in [-0.2, 0) is 0 Å². The van der Waals surface area contributed by atoms with Gasteiger partial charge in [-0.25, -0.2) is 4.98 Å². The highest BCUT2D eigenvalue weighted by atomic mass is 15.3. The monoisotopic (exact) mass is 312 g/mol. The van der Waals surface area contributed by atoms with Crippen molar-refractivity contribution in [2.24, 2.45) is 11.1 Å². The zero-order valence-corrected chi connectivity index (χ0v) is 12.6. The van der Waals surface area contributed by atoms with Gasteiger partial charge >= 0.3 is 0 Å². The van der Waals surface area contributed by atoms with E-state index in [-0.39, 0.29) is 11.4 Å². The summed E-state index contributed by atoms with van der Waals surface area (Å²) in [6.07, 6.45) is 1.59. The van der Waals surface area contributed by atoms with Crippen LogP contribution in [-0.4, -0.2) is 4.98 Å². The van der Waals surface area contributed by atoms with Crippen LogP contribution in [0.1, 0.15) is 11.6 Å². The molecular weight excluding hydrogens is 300 g/mol. The van der Waals surface area contributed by atoms with Gasteiger partial charge in [-0.2, -0.15) is 15.8 Å². The van der Waals surface area contributed by atoms with Crippen LogP contribution in [0.15, 0.2) is 66.1 Å². The average molecular weight is 312 g/mol. The Morgan fingerprint density at radius 1 is 1.00 bits per heavy atom. The molecule has 1 atom stereocenters. The fraction of sp³-hybridized carbons (Fsp3) is 0.111. The summed E-state index contributed by atoms with van der Waals surface area (Å²) >= 11 is 0. The fourth-order valence-electron chi connectivity index (χ4n) is 2.98. The molecule has 0 saturated carbocycles. The molecule has 1 aliphatic rings. The van der Waals surface area contributed by atoms with E-state index in [2.05, 4.69) is 4.98 Å². The van der Waals surface area contributed by atoms with E-state index in [4.69, 9.17) is 5.73 Å². The van der Waals surface area contributed by atoms with Gasteiger partial charge in [0.05, 0.1) is 18.2 Å². The molecule has 0 aliphatic carbocycles. The van der Waals surface area contributed by atoms with Gasteiger partial charge in [0.15, 0.2) is 0 Å². The van der Waals surface area contributed by atoms with Crippen LogP contribution in [0.2, 0.25) is 0 Å². The zero-order chi connectivity index (χ0) is 17.2. The Balaban J connectivity index is 2.31. The van der Waals surface area contributed by atoms with E-state index in [0.29, 0.717) is 11.4 Å². The summed E-state index contributed by atoms with van der Waals surface area (Å²) in [7, 11) is 0. The summed E-state index contributed by atoms with van der Waals surface area (Å²) in [4.78, 5) is 5.86. The first-order chi connectivity index (χ1) is 11.7. The van der Waals surface area contributed by atoms with Crippen LogP contribution in [0.25, 0.3) is 0 Å². The van der Waals surface area contributed by atoms with Crippen LogP contribution >= 0.6 is 0 Å². The van der Waals surface area contributed by atoms with Gasteiger partial charge in [0.2, 0.25) is 5.41 Å². The first-order valence-corrected chi connectivity index (χ1v) is 7.17. The van der Waals surface area contributed by atoms with Gasteiger partial charge in [-0.1, -0.05) is 36.4 Å². The third-order valence-electron chi connectivity index (χ3n) is 4.05. The minimum atomic E-state index is -1.70. The van der Waals surface area contributed by atoms with E-state index in [0.717, 1.165) is 0 Å². The number of nitriles is 3. The number of aromatic nitrogens is 1. The van der Waals surface area contributed by atoms with E-state index >= 15 is 0 Å². The highest BCUT2D eigenvalue weighted by molar-refractivity contribution is 5.64. The number of rotatable bonds is 2. The second-order valence-electron chi connectivity index (χ2n) is 5.27. The number of hydrogen-bond acceptors (Lipinski definition) is 6. The quantitative estimate of drug-likeness (QED) is 0.910. The molecule has 1 aliphatic heterocycles. The number of hydrogen-bond donors (Lipinski definition) is 1. The van der Waals surface area contributed by atoms with Gasteiger partial charge in [0, 0.05) is 6.20 Å². The molecule has 114 valence electrons. The molecule has 0 bridgehead atoms. The van der Waals surface area contributed by atoms with Crippen LogP contribution in [0, 0.1) is 39.4 Å². The summed E-state index contributed by atoms with van der Waals surface area (Å²) in [6, 6.07) is 19.6. The maximum atomic E-state index is 9.77. The van der Waals surface area contributed by atoms with Gasteiger partial charge in [-0.3, -0.25) is 0 Å². The minimum Gasteiger partial charge on any atom is -0.384 e. The molecule has 0 spiro atoms. The van der Waals surface area contributed by atoms with E-state index in [1.807, 2.05) is 36.4 Å². The molecule has 0 saturated heterocycles. The Hall–Kier alpha value is -3.82. The van der Waals surface area contributed by atoms with E-state index in [1.54, 1.807) is 41.4 Å². The first-order valence-electron chi connectivity index (χ1n) is 7.17. The molecule has 1 aromatic heterocycles. The fourth-order valence-corrected chi connectivity index (χ4v) is 2.98. The van der Waals surface area contributed by atoms with Gasteiger partial charge in [0.25, 0.3) is 0 Å². The van der Waals surface area contributed by atoms with Gasteiger partial charge in [0.1, 0.15) is 23.3 Å². The Morgan fingerprint density at radius 3 is 2.21 bits per heavy atom. The van der Waals surface area contributed by atoms with Gasteiger partial charge < -0.3 is 10.6 Å². The lowest BCUT2D eigenvalue weighted by Gasteiger charge is -2.31. The van der Waals surface area contributed by atoms with Crippen molar-refractivity contribution >= 4 is 5.82 Å². The summed E-state index contributed by atoms with van der Waals surface area (Å²) in [5.74, 6) is 0.553. The van der Waals surface area contributed by atoms with E-state index in [9.17, 15) is 15.8 Å². The Morgan fingerprint density at radius 2 is 1.67 bits per heavy atom. The second kappa shape index (κ2) is 5.76. The Labute approximate surface area is 139 Å². The number of nitrogens with two attached hydrogens (primary N) is 1. The van der Waals surface area contributed by atoms with Gasteiger partial charge in [-0.15, -0.1) is 0 Å². The lowest BCUT2D eigenvalue weighted by Crippen LogP contribution is -2.34. The Kier molecular flexibility index (Phi) is 3.62. The van der Waals surface area contributed by atoms with Crippen molar-refractivity contribution in [3.05, 3.63) is 71.7 Å². The van der Waals surface area contributed by atoms with Crippen molar-refractivity contribution in [1.82, 2.24) is 4.98 Å². The topological polar surface area (TPSA) is 114 Å². The molecule has 1 unspecified atom stereocenters. The van der Waals surface area contributed by atoms with Crippen molar-refractivity contribution in [3.8, 4) is 18.2 Å². The maximum Gasteiger partial charge on any atom is 0.206 e. The molecule has 0 fully saturated rings.